The van der Waals surface area contributed by atoms with Crippen LogP contribution in [0, 0.1) is 0 Å². The Morgan fingerprint density at radius 3 is 2.59 bits per heavy atom. The first-order valence-corrected chi connectivity index (χ1v) is 9.52. The summed E-state index contributed by atoms with van der Waals surface area (Å²) in [6.07, 6.45) is 0.882. The maximum atomic E-state index is 12.4. The highest BCUT2D eigenvalue weighted by atomic mass is 16.5. The second kappa shape index (κ2) is 8.86. The minimum atomic E-state index is -0.112. The molecular weight excluding hydrogens is 372 g/mol. The fraction of sp³-hybridized carbons (Fsp3) is 0.364. The molecule has 0 atom stereocenters. The predicted molar refractivity (Wildman–Crippen MR) is 111 cm³/mol. The third-order valence-corrected chi connectivity index (χ3v) is 4.73. The normalized spacial score (nSPS) is 13.0. The molecule has 154 valence electrons. The van der Waals surface area contributed by atoms with E-state index in [0.717, 1.165) is 5.56 Å². The number of benzene rings is 2. The Morgan fingerprint density at radius 2 is 1.90 bits per heavy atom. The zero-order chi connectivity index (χ0) is 21.0. The number of ether oxygens (including phenoxy) is 3. The number of anilines is 2. The average Bonchev–Trinajstić information content (AvgIpc) is 2.71. The van der Waals surface area contributed by atoms with E-state index in [1.165, 1.54) is 0 Å². The van der Waals surface area contributed by atoms with Crippen LogP contribution in [0.5, 0.6) is 17.2 Å². The Kier molecular flexibility index (Phi) is 6.26. The lowest BCUT2D eigenvalue weighted by Crippen LogP contribution is -2.43. The minimum Gasteiger partial charge on any atom is -0.493 e. The maximum absolute atomic E-state index is 12.4. The quantitative estimate of drug-likeness (QED) is 0.773. The van der Waals surface area contributed by atoms with E-state index in [2.05, 4.69) is 5.32 Å². The van der Waals surface area contributed by atoms with Crippen molar-refractivity contribution in [2.24, 2.45) is 0 Å². The van der Waals surface area contributed by atoms with Crippen LogP contribution in [0.3, 0.4) is 0 Å². The molecule has 7 nitrogen and oxygen atoms in total. The summed E-state index contributed by atoms with van der Waals surface area (Å²) in [5.41, 5.74) is 2.28. The molecule has 0 fully saturated rings. The molecule has 7 heteroatoms. The van der Waals surface area contributed by atoms with Crippen molar-refractivity contribution < 1.29 is 23.8 Å². The molecule has 0 saturated heterocycles. The predicted octanol–water partition coefficient (Wildman–Crippen LogP) is 3.41. The molecule has 2 aromatic rings. The van der Waals surface area contributed by atoms with Crippen LogP contribution in [0.4, 0.5) is 11.4 Å². The number of methoxy groups -OCH3 is 2. The van der Waals surface area contributed by atoms with E-state index in [1.807, 2.05) is 32.0 Å². The molecule has 0 aromatic heterocycles. The maximum Gasteiger partial charge on any atom is 0.265 e. The van der Waals surface area contributed by atoms with Gasteiger partial charge < -0.3 is 24.4 Å². The summed E-state index contributed by atoms with van der Waals surface area (Å²) in [5, 5.41) is 2.90. The second-order valence-electron chi connectivity index (χ2n) is 7.07. The number of nitrogens with zero attached hydrogens (tertiary/aromatic N) is 1. The van der Waals surface area contributed by atoms with Gasteiger partial charge in [-0.25, -0.2) is 0 Å². The molecule has 3 rings (SSSR count). The zero-order valence-corrected chi connectivity index (χ0v) is 17.2. The third-order valence-electron chi connectivity index (χ3n) is 4.73. The smallest absolute Gasteiger partial charge is 0.265 e. The lowest BCUT2D eigenvalue weighted by Gasteiger charge is -2.32. The molecule has 1 N–H and O–H groups in total. The summed E-state index contributed by atoms with van der Waals surface area (Å²) in [6.45, 7) is 3.92. The van der Waals surface area contributed by atoms with Gasteiger partial charge in [-0.15, -0.1) is 0 Å². The van der Waals surface area contributed by atoms with E-state index in [9.17, 15) is 9.59 Å². The van der Waals surface area contributed by atoms with Gasteiger partial charge in [-0.05, 0) is 56.2 Å². The Morgan fingerprint density at radius 1 is 1.14 bits per heavy atom. The van der Waals surface area contributed by atoms with Crippen LogP contribution in [0.15, 0.2) is 36.4 Å². The van der Waals surface area contributed by atoms with E-state index >= 15 is 0 Å². The highest BCUT2D eigenvalue weighted by Gasteiger charge is 2.28. The molecule has 1 heterocycles. The van der Waals surface area contributed by atoms with Crippen LogP contribution in [0.1, 0.15) is 25.8 Å². The van der Waals surface area contributed by atoms with E-state index < -0.39 is 0 Å². The van der Waals surface area contributed by atoms with Crippen LogP contribution in [-0.2, 0) is 16.0 Å². The molecule has 29 heavy (non-hydrogen) atoms. The second-order valence-corrected chi connectivity index (χ2v) is 7.07. The van der Waals surface area contributed by atoms with E-state index in [0.29, 0.717) is 41.5 Å². The van der Waals surface area contributed by atoms with Crippen molar-refractivity contribution in [3.63, 3.8) is 0 Å². The van der Waals surface area contributed by atoms with Gasteiger partial charge in [0.25, 0.3) is 5.91 Å². The molecule has 0 spiro atoms. The number of carbonyl (C=O) groups is 2. The lowest BCUT2D eigenvalue weighted by molar-refractivity contribution is -0.121. The molecule has 1 aliphatic heterocycles. The van der Waals surface area contributed by atoms with Gasteiger partial charge in [0.05, 0.1) is 19.9 Å². The molecular formula is C22H26N2O5. The molecule has 2 aromatic carbocycles. The Labute approximate surface area is 170 Å². The summed E-state index contributed by atoms with van der Waals surface area (Å²) in [5.74, 6) is 1.73. The standard InChI is InChI=1S/C22H26N2O5/c1-14(2)24-17-12-16(7-9-18(17)29-13-22(24)26)23-21(25)10-6-15-5-8-19(27-3)20(11-15)28-4/h5,7-9,11-12,14H,6,10,13H2,1-4H3,(H,23,25). The van der Waals surface area contributed by atoms with Crippen LogP contribution >= 0.6 is 0 Å². The van der Waals surface area contributed by atoms with E-state index in [-0.39, 0.29) is 24.5 Å². The number of carbonyl (C=O) groups excluding carboxylic acids is 2. The molecule has 0 aliphatic carbocycles. The molecule has 0 unspecified atom stereocenters. The molecule has 0 bridgehead atoms. The summed E-state index contributed by atoms with van der Waals surface area (Å²) in [7, 11) is 3.17. The average molecular weight is 398 g/mol. The van der Waals surface area contributed by atoms with Crippen LogP contribution in [0.25, 0.3) is 0 Å². The molecule has 0 radical (unpaired) electrons. The van der Waals surface area contributed by atoms with Gasteiger partial charge in [-0.1, -0.05) is 6.07 Å². The van der Waals surface area contributed by atoms with Gasteiger partial charge in [0.2, 0.25) is 5.91 Å². The first-order chi connectivity index (χ1) is 13.9. The van der Waals surface area contributed by atoms with Gasteiger partial charge >= 0.3 is 0 Å². The number of hydrogen-bond acceptors (Lipinski definition) is 5. The van der Waals surface area contributed by atoms with Crippen molar-refractivity contribution in [2.75, 3.05) is 31.0 Å². The van der Waals surface area contributed by atoms with E-state index in [1.54, 1.807) is 37.3 Å². The number of hydrogen-bond donors (Lipinski definition) is 1. The van der Waals surface area contributed by atoms with Gasteiger partial charge in [0, 0.05) is 18.2 Å². The van der Waals surface area contributed by atoms with E-state index in [4.69, 9.17) is 14.2 Å². The third kappa shape index (κ3) is 4.62. The number of rotatable bonds is 7. The van der Waals surface area contributed by atoms with Crippen LogP contribution in [-0.4, -0.2) is 38.7 Å². The summed E-state index contributed by atoms with van der Waals surface area (Å²) >= 11 is 0. The largest absolute Gasteiger partial charge is 0.493 e. The van der Waals surface area contributed by atoms with Crippen molar-refractivity contribution in [3.05, 3.63) is 42.0 Å². The number of nitrogens with one attached hydrogen (secondary N) is 1. The van der Waals surface area contributed by atoms with Crippen molar-refractivity contribution in [1.82, 2.24) is 0 Å². The minimum absolute atomic E-state index is 0.00107. The van der Waals surface area contributed by atoms with Gasteiger partial charge in [0.15, 0.2) is 18.1 Å². The summed E-state index contributed by atoms with van der Waals surface area (Å²) in [6, 6.07) is 10.9. The van der Waals surface area contributed by atoms with Gasteiger partial charge in [-0.2, -0.15) is 0 Å². The number of amides is 2. The fourth-order valence-corrected chi connectivity index (χ4v) is 3.33. The van der Waals surface area contributed by atoms with Crippen LogP contribution in [0.2, 0.25) is 0 Å². The van der Waals surface area contributed by atoms with Crippen molar-refractivity contribution in [3.8, 4) is 17.2 Å². The fourth-order valence-electron chi connectivity index (χ4n) is 3.33. The zero-order valence-electron chi connectivity index (χ0n) is 17.2. The highest BCUT2D eigenvalue weighted by molar-refractivity contribution is 6.00. The highest BCUT2D eigenvalue weighted by Crippen LogP contribution is 2.35. The number of fused-ring (bicyclic) bond motifs is 1. The lowest BCUT2D eigenvalue weighted by atomic mass is 10.1. The Hall–Kier alpha value is -3.22. The first-order valence-electron chi connectivity index (χ1n) is 9.52. The molecule has 0 saturated carbocycles. The first kappa shape index (κ1) is 20.5. The Balaban J connectivity index is 1.66. The van der Waals surface area contributed by atoms with Gasteiger partial charge in [0.1, 0.15) is 5.75 Å². The van der Waals surface area contributed by atoms with Crippen molar-refractivity contribution >= 4 is 23.2 Å². The molecule has 2 amide bonds. The summed E-state index contributed by atoms with van der Waals surface area (Å²) < 4.78 is 16.0. The van der Waals surface area contributed by atoms with Crippen LogP contribution < -0.4 is 24.4 Å². The molecule has 1 aliphatic rings. The SMILES string of the molecule is COc1ccc(CCC(=O)Nc2ccc3c(c2)N(C(C)C)C(=O)CO3)cc1OC. The topological polar surface area (TPSA) is 77.1 Å². The Bertz CT molecular complexity index is 910. The van der Waals surface area contributed by atoms with Crippen molar-refractivity contribution in [2.45, 2.75) is 32.7 Å². The van der Waals surface area contributed by atoms with Crippen molar-refractivity contribution in [1.29, 1.82) is 0 Å². The van der Waals surface area contributed by atoms with Gasteiger partial charge in [-0.3, -0.25) is 9.59 Å². The number of aryl methyl sites for hydroxylation is 1. The monoisotopic (exact) mass is 398 g/mol. The summed E-state index contributed by atoms with van der Waals surface area (Å²) in [4.78, 5) is 26.3.